The zero-order chi connectivity index (χ0) is 12.5. The third-order valence-corrected chi connectivity index (χ3v) is 3.67. The van der Waals surface area contributed by atoms with E-state index in [0.717, 1.165) is 24.4 Å². The molecule has 94 valence electrons. The summed E-state index contributed by atoms with van der Waals surface area (Å²) in [7, 11) is 0. The van der Waals surface area contributed by atoms with Crippen LogP contribution in [0.4, 0.5) is 5.69 Å². The van der Waals surface area contributed by atoms with Crippen LogP contribution in [0, 0.1) is 0 Å². The lowest BCUT2D eigenvalue weighted by molar-refractivity contribution is 0.637. The van der Waals surface area contributed by atoms with Gasteiger partial charge in [-0.15, -0.1) is 5.10 Å². The summed E-state index contributed by atoms with van der Waals surface area (Å²) in [6.07, 6.45) is 4.76. The van der Waals surface area contributed by atoms with E-state index in [9.17, 15) is 0 Å². The maximum Gasteiger partial charge on any atom is 0.159 e. The van der Waals surface area contributed by atoms with Crippen LogP contribution in [0.2, 0.25) is 5.02 Å². The van der Waals surface area contributed by atoms with E-state index in [4.69, 9.17) is 17.3 Å². The summed E-state index contributed by atoms with van der Waals surface area (Å²) in [4.78, 5) is 0. The van der Waals surface area contributed by atoms with Crippen LogP contribution < -0.4 is 5.73 Å². The molecule has 6 heteroatoms. The highest BCUT2D eigenvalue weighted by atomic mass is 35.5. The molecule has 0 radical (unpaired) electrons. The maximum atomic E-state index is 6.01. The minimum Gasteiger partial charge on any atom is -0.397 e. The van der Waals surface area contributed by atoms with Gasteiger partial charge in [0.25, 0.3) is 0 Å². The van der Waals surface area contributed by atoms with Crippen molar-refractivity contribution in [3.05, 3.63) is 29.0 Å². The molecule has 0 aliphatic heterocycles. The normalized spacial score (nSPS) is 16.3. The van der Waals surface area contributed by atoms with Crippen molar-refractivity contribution in [2.24, 2.45) is 0 Å². The van der Waals surface area contributed by atoms with Gasteiger partial charge >= 0.3 is 0 Å². The average Bonchev–Trinajstić information content (AvgIpc) is 3.00. The Hall–Kier alpha value is -1.62. The lowest BCUT2D eigenvalue weighted by Crippen LogP contribution is -2.08. The van der Waals surface area contributed by atoms with E-state index in [0.29, 0.717) is 16.6 Å². The van der Waals surface area contributed by atoms with Crippen molar-refractivity contribution >= 4 is 17.3 Å². The van der Waals surface area contributed by atoms with Crippen molar-refractivity contribution in [2.75, 3.05) is 5.73 Å². The number of anilines is 1. The molecule has 0 spiro atoms. The SMILES string of the molecule is Nc1ccc(Cl)cc1-n1nnnc1C1CCCC1. The summed E-state index contributed by atoms with van der Waals surface area (Å²) < 4.78 is 1.72. The van der Waals surface area contributed by atoms with Gasteiger partial charge in [0.15, 0.2) is 5.82 Å². The molecule has 1 heterocycles. The minimum atomic E-state index is 0.429. The van der Waals surface area contributed by atoms with Crippen molar-refractivity contribution in [3.63, 3.8) is 0 Å². The Balaban J connectivity index is 2.06. The molecule has 0 atom stereocenters. The number of rotatable bonds is 2. The van der Waals surface area contributed by atoms with Crippen molar-refractivity contribution in [1.82, 2.24) is 20.2 Å². The Morgan fingerprint density at radius 3 is 2.83 bits per heavy atom. The van der Waals surface area contributed by atoms with Crippen molar-refractivity contribution in [1.29, 1.82) is 0 Å². The topological polar surface area (TPSA) is 69.6 Å². The summed E-state index contributed by atoms with van der Waals surface area (Å²) in [5.41, 5.74) is 7.36. The maximum absolute atomic E-state index is 6.01. The summed E-state index contributed by atoms with van der Waals surface area (Å²) in [6, 6.07) is 5.34. The second-order valence-electron chi connectivity index (χ2n) is 4.63. The number of halogens is 1. The standard InChI is InChI=1S/C12H14ClN5/c13-9-5-6-10(14)11(7-9)18-12(15-16-17-18)8-3-1-2-4-8/h5-8H,1-4,14H2. The molecule has 2 N–H and O–H groups in total. The van der Waals surface area contributed by atoms with Gasteiger partial charge in [0.2, 0.25) is 0 Å². The predicted octanol–water partition coefficient (Wildman–Crippen LogP) is 2.56. The quantitative estimate of drug-likeness (QED) is 0.846. The van der Waals surface area contributed by atoms with Crippen LogP contribution in [0.1, 0.15) is 37.4 Å². The predicted molar refractivity (Wildman–Crippen MR) is 69.8 cm³/mol. The Kier molecular flexibility index (Phi) is 2.91. The van der Waals surface area contributed by atoms with Crippen molar-refractivity contribution < 1.29 is 0 Å². The van der Waals surface area contributed by atoms with Crippen LogP contribution in [0.3, 0.4) is 0 Å². The Morgan fingerprint density at radius 2 is 2.06 bits per heavy atom. The molecule has 0 unspecified atom stereocenters. The van der Waals surface area contributed by atoms with Crippen LogP contribution in [-0.4, -0.2) is 20.2 Å². The zero-order valence-electron chi connectivity index (χ0n) is 9.88. The van der Waals surface area contributed by atoms with Gasteiger partial charge < -0.3 is 5.73 Å². The van der Waals surface area contributed by atoms with Crippen molar-refractivity contribution in [2.45, 2.75) is 31.6 Å². The van der Waals surface area contributed by atoms with E-state index in [1.165, 1.54) is 12.8 Å². The van der Waals surface area contributed by atoms with E-state index < -0.39 is 0 Å². The molecule has 0 saturated heterocycles. The first-order valence-electron chi connectivity index (χ1n) is 6.09. The zero-order valence-corrected chi connectivity index (χ0v) is 10.6. The van der Waals surface area contributed by atoms with Gasteiger partial charge in [0.05, 0.1) is 11.4 Å². The van der Waals surface area contributed by atoms with Gasteiger partial charge in [0.1, 0.15) is 0 Å². The number of nitrogens with zero attached hydrogens (tertiary/aromatic N) is 4. The lowest BCUT2D eigenvalue weighted by Gasteiger charge is -2.11. The molecule has 2 aromatic rings. The van der Waals surface area contributed by atoms with Crippen molar-refractivity contribution in [3.8, 4) is 5.69 Å². The number of aromatic nitrogens is 4. The van der Waals surface area contributed by atoms with E-state index in [1.54, 1.807) is 22.9 Å². The molecule has 1 fully saturated rings. The first kappa shape index (κ1) is 11.5. The van der Waals surface area contributed by atoms with Crippen LogP contribution in [-0.2, 0) is 0 Å². The molecule has 1 saturated carbocycles. The number of nitrogen functional groups attached to an aromatic ring is 1. The molecule has 1 aliphatic carbocycles. The molecular weight excluding hydrogens is 250 g/mol. The highest BCUT2D eigenvalue weighted by Gasteiger charge is 2.24. The minimum absolute atomic E-state index is 0.429. The average molecular weight is 264 g/mol. The fraction of sp³-hybridized carbons (Fsp3) is 0.417. The summed E-state index contributed by atoms with van der Waals surface area (Å²) in [6.45, 7) is 0. The smallest absolute Gasteiger partial charge is 0.159 e. The summed E-state index contributed by atoms with van der Waals surface area (Å²) in [5, 5.41) is 12.6. The number of nitrogens with two attached hydrogens (primary N) is 1. The van der Waals surface area contributed by atoms with E-state index in [1.807, 2.05) is 0 Å². The van der Waals surface area contributed by atoms with E-state index in [-0.39, 0.29) is 0 Å². The van der Waals surface area contributed by atoms with Gasteiger partial charge in [-0.1, -0.05) is 24.4 Å². The van der Waals surface area contributed by atoms with E-state index >= 15 is 0 Å². The molecule has 18 heavy (non-hydrogen) atoms. The van der Waals surface area contributed by atoms with Gasteiger partial charge in [-0.3, -0.25) is 0 Å². The molecule has 0 amide bonds. The van der Waals surface area contributed by atoms with Crippen LogP contribution >= 0.6 is 11.6 Å². The monoisotopic (exact) mass is 263 g/mol. The Morgan fingerprint density at radius 1 is 1.28 bits per heavy atom. The summed E-state index contributed by atoms with van der Waals surface area (Å²) in [5.74, 6) is 1.32. The third-order valence-electron chi connectivity index (χ3n) is 3.43. The number of hydrogen-bond acceptors (Lipinski definition) is 4. The van der Waals surface area contributed by atoms with Gasteiger partial charge in [-0.25, -0.2) is 0 Å². The first-order valence-corrected chi connectivity index (χ1v) is 6.47. The fourth-order valence-corrected chi connectivity index (χ4v) is 2.67. The second-order valence-corrected chi connectivity index (χ2v) is 5.07. The molecule has 1 aromatic heterocycles. The lowest BCUT2D eigenvalue weighted by atomic mass is 10.1. The molecule has 0 bridgehead atoms. The highest BCUT2D eigenvalue weighted by Crippen LogP contribution is 2.34. The van der Waals surface area contributed by atoms with E-state index in [2.05, 4.69) is 15.5 Å². The molecular formula is C12H14ClN5. The first-order chi connectivity index (χ1) is 8.75. The molecule has 1 aromatic carbocycles. The second kappa shape index (κ2) is 4.57. The largest absolute Gasteiger partial charge is 0.397 e. The number of tetrazole rings is 1. The van der Waals surface area contributed by atoms with Crippen LogP contribution in [0.25, 0.3) is 5.69 Å². The fourth-order valence-electron chi connectivity index (χ4n) is 2.50. The Bertz CT molecular complexity index is 559. The van der Waals surface area contributed by atoms with Crippen LogP contribution in [0.15, 0.2) is 18.2 Å². The highest BCUT2D eigenvalue weighted by molar-refractivity contribution is 6.30. The van der Waals surface area contributed by atoms with Gasteiger partial charge in [-0.2, -0.15) is 4.68 Å². The molecule has 1 aliphatic rings. The molecule has 5 nitrogen and oxygen atoms in total. The van der Waals surface area contributed by atoms with Gasteiger partial charge in [0, 0.05) is 10.9 Å². The Labute approximate surface area is 110 Å². The number of benzene rings is 1. The molecule has 3 rings (SSSR count). The van der Waals surface area contributed by atoms with Crippen LogP contribution in [0.5, 0.6) is 0 Å². The number of hydrogen-bond donors (Lipinski definition) is 1. The third kappa shape index (κ3) is 1.95. The summed E-state index contributed by atoms with van der Waals surface area (Å²) >= 11 is 6.01. The van der Waals surface area contributed by atoms with Gasteiger partial charge in [-0.05, 0) is 41.5 Å².